The van der Waals surface area contributed by atoms with Crippen molar-refractivity contribution >= 4 is 34.8 Å². The van der Waals surface area contributed by atoms with Crippen LogP contribution >= 0.6 is 0 Å². The van der Waals surface area contributed by atoms with E-state index in [0.717, 1.165) is 36.8 Å². The number of carbonyl (C=O) groups excluding carboxylic acids is 4. The predicted molar refractivity (Wildman–Crippen MR) is 111 cm³/mol. The first-order valence-electron chi connectivity index (χ1n) is 9.74. The fraction of sp³-hybridized carbons (Fsp3) is 0.364. The maximum absolute atomic E-state index is 13.4. The standard InChI is InChI=1S/C22H24N2O8/c1-29-17(25)11-16(20(27)31-3)24-10-9-14-13-7-5-6-8-15(13)23-19(14)22(24,21(28)32-4)12-18(26)30-2/h5-8,11,23H,9-10,12H2,1-4H3/b16-11+. The number of H-pyrrole nitrogens is 1. The third kappa shape index (κ3) is 3.68. The Labute approximate surface area is 184 Å². The van der Waals surface area contributed by atoms with Gasteiger partial charge in [0.15, 0.2) is 5.54 Å². The summed E-state index contributed by atoms with van der Waals surface area (Å²) in [4.78, 5) is 55.2. The van der Waals surface area contributed by atoms with Crippen molar-refractivity contribution in [2.75, 3.05) is 35.0 Å². The molecule has 0 radical (unpaired) electrons. The molecule has 3 rings (SSSR count). The van der Waals surface area contributed by atoms with Gasteiger partial charge in [-0.3, -0.25) is 4.79 Å². The lowest BCUT2D eigenvalue weighted by Crippen LogP contribution is -2.58. The highest BCUT2D eigenvalue weighted by atomic mass is 16.5. The van der Waals surface area contributed by atoms with E-state index in [-0.39, 0.29) is 12.2 Å². The van der Waals surface area contributed by atoms with Gasteiger partial charge in [-0.15, -0.1) is 0 Å². The third-order valence-corrected chi connectivity index (χ3v) is 5.57. The van der Waals surface area contributed by atoms with Crippen LogP contribution in [0.3, 0.4) is 0 Å². The Morgan fingerprint density at radius 1 is 1.03 bits per heavy atom. The lowest BCUT2D eigenvalue weighted by atomic mass is 9.81. The van der Waals surface area contributed by atoms with E-state index in [9.17, 15) is 19.2 Å². The molecule has 170 valence electrons. The van der Waals surface area contributed by atoms with E-state index in [4.69, 9.17) is 14.2 Å². The minimum atomic E-state index is -1.82. The van der Waals surface area contributed by atoms with Gasteiger partial charge in [-0.05, 0) is 18.1 Å². The largest absolute Gasteiger partial charge is 0.469 e. The monoisotopic (exact) mass is 444 g/mol. The van der Waals surface area contributed by atoms with Crippen molar-refractivity contribution in [3.05, 3.63) is 47.3 Å². The number of nitrogens with one attached hydrogen (secondary N) is 1. The third-order valence-electron chi connectivity index (χ3n) is 5.57. The molecule has 1 aromatic carbocycles. The summed E-state index contributed by atoms with van der Waals surface area (Å²) in [5.41, 5.74) is -0.148. The SMILES string of the molecule is COC(=O)/C=C(\C(=O)OC)N1CCc2c([nH]c3ccccc23)C1(CC(=O)OC)C(=O)OC. The number of nitrogens with zero attached hydrogens (tertiary/aromatic N) is 1. The second-order valence-electron chi connectivity index (χ2n) is 7.07. The van der Waals surface area contributed by atoms with Gasteiger partial charge in [0, 0.05) is 17.4 Å². The summed E-state index contributed by atoms with van der Waals surface area (Å²) in [6, 6.07) is 7.43. The summed E-state index contributed by atoms with van der Waals surface area (Å²) < 4.78 is 19.5. The predicted octanol–water partition coefficient (Wildman–Crippen LogP) is 1.19. The number of fused-ring (bicyclic) bond motifs is 3. The molecular formula is C22H24N2O8. The maximum Gasteiger partial charge on any atom is 0.354 e. The first kappa shape index (κ1) is 22.9. The minimum absolute atomic E-state index is 0.110. The first-order valence-corrected chi connectivity index (χ1v) is 9.74. The van der Waals surface area contributed by atoms with Crippen LogP contribution in [0.4, 0.5) is 0 Å². The highest BCUT2D eigenvalue weighted by Crippen LogP contribution is 2.44. The second kappa shape index (κ2) is 9.13. The van der Waals surface area contributed by atoms with Crippen molar-refractivity contribution in [1.82, 2.24) is 9.88 Å². The molecule has 1 atom stereocenters. The summed E-state index contributed by atoms with van der Waals surface area (Å²) in [6.45, 7) is 0.110. The summed E-state index contributed by atoms with van der Waals surface area (Å²) in [6.07, 6.45) is 0.856. The molecule has 1 aliphatic heterocycles. The summed E-state index contributed by atoms with van der Waals surface area (Å²) in [5.74, 6) is -3.23. The van der Waals surface area contributed by atoms with Gasteiger partial charge in [0.2, 0.25) is 0 Å². The van der Waals surface area contributed by atoms with Crippen LogP contribution in [0.5, 0.6) is 0 Å². The first-order chi connectivity index (χ1) is 15.3. The van der Waals surface area contributed by atoms with Crippen molar-refractivity contribution in [1.29, 1.82) is 0 Å². The van der Waals surface area contributed by atoms with Crippen LogP contribution in [0.15, 0.2) is 36.0 Å². The molecule has 0 aliphatic carbocycles. The van der Waals surface area contributed by atoms with Gasteiger partial charge in [-0.2, -0.15) is 0 Å². The Hall–Kier alpha value is -3.82. The maximum atomic E-state index is 13.4. The molecular weight excluding hydrogens is 420 g/mol. The van der Waals surface area contributed by atoms with Crippen molar-refractivity contribution in [2.45, 2.75) is 18.4 Å². The molecule has 0 saturated heterocycles. The molecule has 10 nitrogen and oxygen atoms in total. The van der Waals surface area contributed by atoms with E-state index in [1.165, 1.54) is 19.1 Å². The van der Waals surface area contributed by atoms with E-state index in [2.05, 4.69) is 9.72 Å². The van der Waals surface area contributed by atoms with Gasteiger partial charge in [-0.1, -0.05) is 18.2 Å². The number of carbonyl (C=O) groups is 4. The molecule has 10 heteroatoms. The van der Waals surface area contributed by atoms with Gasteiger partial charge < -0.3 is 28.8 Å². The van der Waals surface area contributed by atoms with Crippen LogP contribution in [-0.4, -0.2) is 68.7 Å². The van der Waals surface area contributed by atoms with Gasteiger partial charge in [0.1, 0.15) is 5.70 Å². The van der Waals surface area contributed by atoms with Crippen LogP contribution < -0.4 is 0 Å². The van der Waals surface area contributed by atoms with Gasteiger partial charge in [-0.25, -0.2) is 14.4 Å². The lowest BCUT2D eigenvalue weighted by Gasteiger charge is -2.45. The van der Waals surface area contributed by atoms with Crippen LogP contribution in [0.1, 0.15) is 17.7 Å². The molecule has 2 aromatic rings. The molecule has 1 aromatic heterocycles. The highest BCUT2D eigenvalue weighted by molar-refractivity contribution is 5.99. The summed E-state index contributed by atoms with van der Waals surface area (Å²) in [7, 11) is 4.67. The van der Waals surface area contributed by atoms with Crippen LogP contribution in [0.2, 0.25) is 0 Å². The Morgan fingerprint density at radius 3 is 2.38 bits per heavy atom. The molecule has 1 aliphatic rings. The molecule has 0 saturated carbocycles. The van der Waals surface area contributed by atoms with Crippen molar-refractivity contribution < 1.29 is 38.1 Å². The summed E-state index contributed by atoms with van der Waals surface area (Å²) >= 11 is 0. The molecule has 0 amide bonds. The fourth-order valence-electron chi connectivity index (χ4n) is 4.13. The van der Waals surface area contributed by atoms with E-state index in [1.54, 1.807) is 0 Å². The molecule has 1 unspecified atom stereocenters. The normalized spacial score (nSPS) is 18.0. The highest BCUT2D eigenvalue weighted by Gasteiger charge is 2.55. The Morgan fingerprint density at radius 2 is 1.75 bits per heavy atom. The van der Waals surface area contributed by atoms with E-state index < -0.39 is 35.8 Å². The number of benzene rings is 1. The average Bonchev–Trinajstić information content (AvgIpc) is 3.21. The van der Waals surface area contributed by atoms with Crippen molar-refractivity contribution in [3.8, 4) is 0 Å². The number of hydrogen-bond donors (Lipinski definition) is 1. The Balaban J connectivity index is 2.36. The molecule has 2 heterocycles. The number of rotatable bonds is 6. The number of ether oxygens (including phenoxy) is 4. The van der Waals surface area contributed by atoms with Crippen molar-refractivity contribution in [2.24, 2.45) is 0 Å². The average molecular weight is 444 g/mol. The van der Waals surface area contributed by atoms with Crippen LogP contribution in [-0.2, 0) is 50.1 Å². The minimum Gasteiger partial charge on any atom is -0.469 e. The Kier molecular flexibility index (Phi) is 6.52. The van der Waals surface area contributed by atoms with Crippen LogP contribution in [0.25, 0.3) is 10.9 Å². The quantitative estimate of drug-likeness (QED) is 0.397. The number of esters is 4. The number of aromatic amines is 1. The van der Waals surface area contributed by atoms with Gasteiger partial charge in [0.05, 0.1) is 46.6 Å². The number of aromatic nitrogens is 1. The van der Waals surface area contributed by atoms with Crippen LogP contribution in [0, 0.1) is 0 Å². The summed E-state index contributed by atoms with van der Waals surface area (Å²) in [5, 5.41) is 0.872. The number of hydrogen-bond acceptors (Lipinski definition) is 9. The molecule has 0 fully saturated rings. The zero-order valence-corrected chi connectivity index (χ0v) is 18.2. The Bertz CT molecular complexity index is 1100. The molecule has 32 heavy (non-hydrogen) atoms. The zero-order valence-electron chi connectivity index (χ0n) is 18.2. The van der Waals surface area contributed by atoms with E-state index >= 15 is 0 Å². The van der Waals surface area contributed by atoms with E-state index in [1.807, 2.05) is 24.3 Å². The fourth-order valence-corrected chi connectivity index (χ4v) is 4.13. The zero-order chi connectivity index (χ0) is 23.5. The van der Waals surface area contributed by atoms with Gasteiger partial charge >= 0.3 is 23.9 Å². The number of methoxy groups -OCH3 is 4. The van der Waals surface area contributed by atoms with Gasteiger partial charge in [0.25, 0.3) is 0 Å². The number of para-hydroxylation sites is 1. The van der Waals surface area contributed by atoms with E-state index in [0.29, 0.717) is 12.1 Å². The smallest absolute Gasteiger partial charge is 0.354 e. The second-order valence-corrected chi connectivity index (χ2v) is 7.07. The van der Waals surface area contributed by atoms with Crippen molar-refractivity contribution in [3.63, 3.8) is 0 Å². The topological polar surface area (TPSA) is 124 Å². The molecule has 1 N–H and O–H groups in total. The molecule has 0 spiro atoms. The lowest BCUT2D eigenvalue weighted by molar-refractivity contribution is -0.164. The molecule has 0 bridgehead atoms.